The number of nitrogens with one attached hydrogen (secondary N) is 1. The zero-order chi connectivity index (χ0) is 18.3. The summed E-state index contributed by atoms with van der Waals surface area (Å²) in [5.41, 5.74) is 0.238. The number of benzene rings is 1. The molecule has 0 radical (unpaired) electrons. The minimum absolute atomic E-state index is 0.0329. The van der Waals surface area contributed by atoms with Gasteiger partial charge in [0.15, 0.2) is 5.78 Å². The van der Waals surface area contributed by atoms with Gasteiger partial charge in [0.05, 0.1) is 6.54 Å². The molecule has 0 aliphatic carbocycles. The highest BCUT2D eigenvalue weighted by atomic mass is 16.2. The van der Waals surface area contributed by atoms with Gasteiger partial charge in [-0.3, -0.25) is 14.5 Å². The fourth-order valence-corrected chi connectivity index (χ4v) is 3.37. The van der Waals surface area contributed by atoms with E-state index in [1.807, 2.05) is 44.2 Å². The molecule has 1 heterocycles. The summed E-state index contributed by atoms with van der Waals surface area (Å²) in [7, 11) is 0. The molecule has 4 heteroatoms. The number of amides is 1. The molecule has 2 rings (SSSR count). The van der Waals surface area contributed by atoms with E-state index < -0.39 is 5.54 Å². The number of rotatable bonds is 7. The van der Waals surface area contributed by atoms with Crippen LogP contribution in [0.15, 0.2) is 30.3 Å². The number of ketones is 1. The summed E-state index contributed by atoms with van der Waals surface area (Å²) >= 11 is 0. The summed E-state index contributed by atoms with van der Waals surface area (Å²) in [4.78, 5) is 26.9. The van der Waals surface area contributed by atoms with Gasteiger partial charge < -0.3 is 5.32 Å². The van der Waals surface area contributed by atoms with Crippen molar-refractivity contribution in [1.82, 2.24) is 10.2 Å². The first-order valence-corrected chi connectivity index (χ1v) is 9.14. The second-order valence-corrected chi connectivity index (χ2v) is 6.76. The third-order valence-corrected chi connectivity index (χ3v) is 5.25. The van der Waals surface area contributed by atoms with E-state index in [-0.39, 0.29) is 17.6 Å². The molecule has 0 saturated carbocycles. The molecule has 25 heavy (non-hydrogen) atoms. The van der Waals surface area contributed by atoms with Gasteiger partial charge in [0.1, 0.15) is 5.54 Å². The second-order valence-electron chi connectivity index (χ2n) is 6.76. The Balaban J connectivity index is 1.83. The smallest absolute Gasteiger partial charge is 0.235 e. The van der Waals surface area contributed by atoms with E-state index in [0.717, 1.165) is 44.3 Å². The fourth-order valence-electron chi connectivity index (χ4n) is 3.37. The Labute approximate surface area is 151 Å². The van der Waals surface area contributed by atoms with Gasteiger partial charge in [-0.05, 0) is 38.8 Å². The van der Waals surface area contributed by atoms with Crippen LogP contribution in [-0.4, -0.2) is 41.8 Å². The summed E-state index contributed by atoms with van der Waals surface area (Å²) < 4.78 is 0. The van der Waals surface area contributed by atoms with Crippen molar-refractivity contribution in [2.75, 3.05) is 19.6 Å². The van der Waals surface area contributed by atoms with Gasteiger partial charge in [0.2, 0.25) is 5.91 Å². The molecule has 4 nitrogen and oxygen atoms in total. The number of terminal acetylenes is 1. The monoisotopic (exact) mass is 340 g/mol. The molecule has 1 aromatic rings. The van der Waals surface area contributed by atoms with Crippen molar-refractivity contribution >= 4 is 11.7 Å². The van der Waals surface area contributed by atoms with Crippen molar-refractivity contribution in [3.05, 3.63) is 35.9 Å². The van der Waals surface area contributed by atoms with Gasteiger partial charge in [0, 0.05) is 11.5 Å². The predicted molar refractivity (Wildman–Crippen MR) is 100 cm³/mol. The molecule has 1 aromatic carbocycles. The van der Waals surface area contributed by atoms with Gasteiger partial charge >= 0.3 is 0 Å². The Kier molecular flexibility index (Phi) is 6.78. The third kappa shape index (κ3) is 4.93. The normalized spacial score (nSPS) is 16.2. The third-order valence-electron chi connectivity index (χ3n) is 5.25. The number of hydrogen-bond donors (Lipinski definition) is 1. The largest absolute Gasteiger partial charge is 0.339 e. The maximum atomic E-state index is 12.5. The van der Waals surface area contributed by atoms with Crippen molar-refractivity contribution in [1.29, 1.82) is 0 Å². The first-order chi connectivity index (χ1) is 12.0. The molecule has 1 aliphatic rings. The molecular weight excluding hydrogens is 312 g/mol. The minimum atomic E-state index is -0.543. The van der Waals surface area contributed by atoms with Gasteiger partial charge in [-0.2, -0.15) is 0 Å². The van der Waals surface area contributed by atoms with Crippen LogP contribution in [0, 0.1) is 18.3 Å². The molecule has 134 valence electrons. The number of piperidine rings is 1. The van der Waals surface area contributed by atoms with Gasteiger partial charge in [0.25, 0.3) is 0 Å². The molecule has 0 aromatic heterocycles. The zero-order valence-corrected chi connectivity index (χ0v) is 15.3. The van der Waals surface area contributed by atoms with Crippen molar-refractivity contribution in [2.24, 2.45) is 5.92 Å². The van der Waals surface area contributed by atoms with Crippen LogP contribution >= 0.6 is 0 Å². The number of hydrogen-bond acceptors (Lipinski definition) is 3. The standard InChI is InChI=1S/C21H28N2O2/c1-4-21(5-2,6-3)22-19(24)16-23-14-12-18(13-15-23)20(25)17-10-8-7-9-11-17/h1,7-11,18H,5-6,12-16H2,2-3H3,(H,22,24). The molecule has 0 unspecified atom stereocenters. The summed E-state index contributed by atoms with van der Waals surface area (Å²) in [6, 6.07) is 9.45. The molecule has 1 saturated heterocycles. The average molecular weight is 340 g/mol. The molecule has 1 aliphatic heterocycles. The number of likely N-dealkylation sites (tertiary alicyclic amines) is 1. The van der Waals surface area contributed by atoms with Crippen LogP contribution < -0.4 is 5.32 Å². The number of nitrogens with zero attached hydrogens (tertiary/aromatic N) is 1. The van der Waals surface area contributed by atoms with Crippen LogP contribution in [0.5, 0.6) is 0 Å². The fraction of sp³-hybridized carbons (Fsp3) is 0.524. The van der Waals surface area contributed by atoms with Crippen LogP contribution in [-0.2, 0) is 4.79 Å². The Bertz CT molecular complexity index is 621. The van der Waals surface area contributed by atoms with Gasteiger partial charge in [-0.1, -0.05) is 50.1 Å². The van der Waals surface area contributed by atoms with E-state index in [1.165, 1.54) is 0 Å². The van der Waals surface area contributed by atoms with E-state index in [1.54, 1.807) is 0 Å². The first kappa shape index (κ1) is 19.2. The Hall–Kier alpha value is -2.12. The predicted octanol–water partition coefficient (Wildman–Crippen LogP) is 2.89. The van der Waals surface area contributed by atoms with E-state index in [9.17, 15) is 9.59 Å². The summed E-state index contributed by atoms with van der Waals surface area (Å²) in [5, 5.41) is 3.00. The highest BCUT2D eigenvalue weighted by Crippen LogP contribution is 2.22. The van der Waals surface area contributed by atoms with Crippen molar-refractivity contribution in [2.45, 2.75) is 45.1 Å². The average Bonchev–Trinajstić information content (AvgIpc) is 2.67. The van der Waals surface area contributed by atoms with Crippen LogP contribution in [0.4, 0.5) is 0 Å². The van der Waals surface area contributed by atoms with Crippen LogP contribution in [0.2, 0.25) is 0 Å². The molecule has 1 N–H and O–H groups in total. The molecular formula is C21H28N2O2. The highest BCUT2D eigenvalue weighted by molar-refractivity contribution is 5.97. The van der Waals surface area contributed by atoms with Crippen molar-refractivity contribution < 1.29 is 9.59 Å². The maximum Gasteiger partial charge on any atom is 0.235 e. The lowest BCUT2D eigenvalue weighted by Crippen LogP contribution is -2.51. The summed E-state index contributed by atoms with van der Waals surface area (Å²) in [6.45, 7) is 5.85. The number of Topliss-reactive ketones (excluding diaryl/α,β-unsaturated/α-hetero) is 1. The van der Waals surface area contributed by atoms with Gasteiger partial charge in [-0.25, -0.2) is 0 Å². The number of carbonyl (C=O) groups excluding carboxylic acids is 2. The Morgan fingerprint density at radius 2 is 1.80 bits per heavy atom. The van der Waals surface area contributed by atoms with E-state index >= 15 is 0 Å². The minimum Gasteiger partial charge on any atom is -0.339 e. The van der Waals surface area contributed by atoms with Crippen molar-refractivity contribution in [3.63, 3.8) is 0 Å². The van der Waals surface area contributed by atoms with Crippen molar-refractivity contribution in [3.8, 4) is 12.3 Å². The maximum absolute atomic E-state index is 12.5. The number of carbonyl (C=O) groups is 2. The van der Waals surface area contributed by atoms with Crippen LogP contribution in [0.3, 0.4) is 0 Å². The first-order valence-electron chi connectivity index (χ1n) is 9.14. The quantitative estimate of drug-likeness (QED) is 0.613. The molecule has 0 atom stereocenters. The van der Waals surface area contributed by atoms with E-state index in [0.29, 0.717) is 6.54 Å². The highest BCUT2D eigenvalue weighted by Gasteiger charge is 2.29. The molecule has 1 amide bonds. The summed E-state index contributed by atoms with van der Waals surface area (Å²) in [5.74, 6) is 2.96. The lowest BCUT2D eigenvalue weighted by Gasteiger charge is -2.33. The molecule has 0 spiro atoms. The Morgan fingerprint density at radius 3 is 2.32 bits per heavy atom. The lowest BCUT2D eigenvalue weighted by molar-refractivity contribution is -0.124. The summed E-state index contributed by atoms with van der Waals surface area (Å²) in [6.07, 6.45) is 8.63. The van der Waals surface area contributed by atoms with Crippen LogP contribution in [0.25, 0.3) is 0 Å². The van der Waals surface area contributed by atoms with E-state index in [4.69, 9.17) is 6.42 Å². The SMILES string of the molecule is C#CC(CC)(CC)NC(=O)CN1CCC(C(=O)c2ccccc2)CC1. The second kappa shape index (κ2) is 8.82. The molecule has 1 fully saturated rings. The van der Waals surface area contributed by atoms with Crippen LogP contribution in [0.1, 0.15) is 49.9 Å². The van der Waals surface area contributed by atoms with E-state index in [2.05, 4.69) is 16.1 Å². The molecule has 0 bridgehead atoms. The lowest BCUT2D eigenvalue weighted by atomic mass is 9.89. The zero-order valence-electron chi connectivity index (χ0n) is 15.3. The van der Waals surface area contributed by atoms with Gasteiger partial charge in [-0.15, -0.1) is 6.42 Å². The Morgan fingerprint density at radius 1 is 1.20 bits per heavy atom. The topological polar surface area (TPSA) is 49.4 Å².